The van der Waals surface area contributed by atoms with Gasteiger partial charge in [0.25, 0.3) is 0 Å². The van der Waals surface area contributed by atoms with Crippen molar-refractivity contribution in [3.8, 4) is 11.1 Å². The van der Waals surface area contributed by atoms with Gasteiger partial charge in [-0.25, -0.2) is 13.8 Å². The summed E-state index contributed by atoms with van der Waals surface area (Å²) < 4.78 is 27.9. The van der Waals surface area contributed by atoms with E-state index in [1.165, 1.54) is 12.1 Å². The zero-order chi connectivity index (χ0) is 19.0. The highest BCUT2D eigenvalue weighted by atomic mass is 19.2. The molecule has 1 aliphatic rings. The predicted octanol–water partition coefficient (Wildman–Crippen LogP) is 3.12. The van der Waals surface area contributed by atoms with Crippen LogP contribution in [0.15, 0.2) is 42.6 Å². The minimum Gasteiger partial charge on any atom is -0.387 e. The second-order valence-electron chi connectivity index (χ2n) is 6.38. The minimum atomic E-state index is -0.892. The maximum absolute atomic E-state index is 14.3. The van der Waals surface area contributed by atoms with Gasteiger partial charge in [-0.1, -0.05) is 18.2 Å². The number of benzene rings is 1. The van der Waals surface area contributed by atoms with Gasteiger partial charge >= 0.3 is 0 Å². The molecule has 0 bridgehead atoms. The Kier molecular flexibility index (Phi) is 4.45. The molecule has 0 fully saturated rings. The van der Waals surface area contributed by atoms with Crippen LogP contribution in [0.3, 0.4) is 0 Å². The fourth-order valence-corrected chi connectivity index (χ4v) is 3.39. The van der Waals surface area contributed by atoms with E-state index in [9.17, 15) is 13.6 Å². The lowest BCUT2D eigenvalue weighted by molar-refractivity contribution is -0.133. The fourth-order valence-electron chi connectivity index (χ4n) is 3.39. The molecule has 0 aliphatic carbocycles. The van der Waals surface area contributed by atoms with Crippen molar-refractivity contribution in [3.63, 3.8) is 0 Å². The average Bonchev–Trinajstić information content (AvgIpc) is 3.14. The van der Waals surface area contributed by atoms with Gasteiger partial charge in [-0.15, -0.1) is 0 Å². The second-order valence-corrected chi connectivity index (χ2v) is 6.38. The van der Waals surface area contributed by atoms with Crippen molar-refractivity contribution in [2.45, 2.75) is 6.42 Å². The molecule has 3 heterocycles. The molecule has 1 amide bonds. The van der Waals surface area contributed by atoms with Crippen LogP contribution in [0.25, 0.3) is 27.7 Å². The van der Waals surface area contributed by atoms with Gasteiger partial charge in [-0.3, -0.25) is 4.79 Å². The SMILES string of the molecule is O=C(CO)N1CC=C(c2cc3c(-c4cccc(F)c4F)ccnc3[nH]2)CC1. The number of amides is 1. The Hall–Kier alpha value is -3.06. The van der Waals surface area contributed by atoms with E-state index >= 15 is 0 Å². The van der Waals surface area contributed by atoms with Crippen molar-refractivity contribution in [1.29, 1.82) is 0 Å². The topological polar surface area (TPSA) is 69.2 Å². The monoisotopic (exact) mass is 369 g/mol. The van der Waals surface area contributed by atoms with Crippen LogP contribution >= 0.6 is 0 Å². The summed E-state index contributed by atoms with van der Waals surface area (Å²) in [5, 5.41) is 9.66. The van der Waals surface area contributed by atoms with E-state index in [-0.39, 0.29) is 11.5 Å². The largest absolute Gasteiger partial charge is 0.387 e. The summed E-state index contributed by atoms with van der Waals surface area (Å²) in [6, 6.07) is 7.64. The van der Waals surface area contributed by atoms with E-state index in [4.69, 9.17) is 5.11 Å². The molecule has 0 spiro atoms. The Balaban J connectivity index is 1.73. The molecule has 1 aromatic carbocycles. The van der Waals surface area contributed by atoms with Crippen LogP contribution in [0.5, 0.6) is 0 Å². The molecule has 27 heavy (non-hydrogen) atoms. The normalized spacial score (nSPS) is 14.5. The summed E-state index contributed by atoms with van der Waals surface area (Å²) in [6.07, 6.45) is 4.10. The smallest absolute Gasteiger partial charge is 0.248 e. The quantitative estimate of drug-likeness (QED) is 0.745. The molecule has 7 heteroatoms. The Labute approximate surface area is 154 Å². The summed E-state index contributed by atoms with van der Waals surface area (Å²) >= 11 is 0. The summed E-state index contributed by atoms with van der Waals surface area (Å²) in [7, 11) is 0. The van der Waals surface area contributed by atoms with Crippen LogP contribution in [-0.2, 0) is 4.79 Å². The van der Waals surface area contributed by atoms with Gasteiger partial charge in [0.1, 0.15) is 12.3 Å². The highest BCUT2D eigenvalue weighted by Gasteiger charge is 2.19. The standard InChI is InChI=1S/C20H17F2N3O2/c21-16-3-1-2-14(19(16)22)13-4-7-23-20-15(13)10-17(24-20)12-5-8-25(9-6-12)18(27)11-26/h1-5,7,10,26H,6,8-9,11H2,(H,23,24). The molecule has 0 saturated carbocycles. The van der Waals surface area contributed by atoms with Crippen LogP contribution in [0.2, 0.25) is 0 Å². The number of aliphatic hydroxyl groups is 1. The first-order chi connectivity index (χ1) is 13.1. The third-order valence-electron chi connectivity index (χ3n) is 4.82. The number of aromatic amines is 1. The highest BCUT2D eigenvalue weighted by molar-refractivity contribution is 5.95. The van der Waals surface area contributed by atoms with E-state index in [2.05, 4.69) is 9.97 Å². The highest BCUT2D eigenvalue weighted by Crippen LogP contribution is 2.33. The number of carbonyl (C=O) groups is 1. The summed E-state index contributed by atoms with van der Waals surface area (Å²) in [6.45, 7) is 0.435. The first-order valence-electron chi connectivity index (χ1n) is 8.58. The number of hydrogen-bond acceptors (Lipinski definition) is 3. The Morgan fingerprint density at radius 2 is 2.11 bits per heavy atom. The first kappa shape index (κ1) is 17.4. The summed E-state index contributed by atoms with van der Waals surface area (Å²) in [5.74, 6) is -2.08. The lowest BCUT2D eigenvalue weighted by Gasteiger charge is -2.25. The third-order valence-corrected chi connectivity index (χ3v) is 4.82. The molecule has 1 aliphatic heterocycles. The van der Waals surface area contributed by atoms with Crippen LogP contribution < -0.4 is 0 Å². The van der Waals surface area contributed by atoms with E-state index in [0.29, 0.717) is 36.1 Å². The maximum Gasteiger partial charge on any atom is 0.248 e. The zero-order valence-corrected chi connectivity index (χ0v) is 14.4. The Bertz CT molecular complexity index is 1060. The molecule has 5 nitrogen and oxygen atoms in total. The fraction of sp³-hybridized carbons (Fsp3) is 0.200. The van der Waals surface area contributed by atoms with Gasteiger partial charge in [0, 0.05) is 35.9 Å². The van der Waals surface area contributed by atoms with E-state index in [1.54, 1.807) is 17.2 Å². The van der Waals surface area contributed by atoms with Crippen molar-refractivity contribution in [3.05, 3.63) is 59.9 Å². The number of halogens is 2. The van der Waals surface area contributed by atoms with E-state index < -0.39 is 18.2 Å². The number of H-pyrrole nitrogens is 1. The van der Waals surface area contributed by atoms with Crippen molar-refractivity contribution in [1.82, 2.24) is 14.9 Å². The van der Waals surface area contributed by atoms with Crippen molar-refractivity contribution < 1.29 is 18.7 Å². The van der Waals surface area contributed by atoms with Crippen LogP contribution in [-0.4, -0.2) is 45.6 Å². The molecule has 0 unspecified atom stereocenters. The van der Waals surface area contributed by atoms with Crippen molar-refractivity contribution in [2.24, 2.45) is 0 Å². The van der Waals surface area contributed by atoms with Crippen LogP contribution in [0, 0.1) is 11.6 Å². The number of rotatable bonds is 3. The summed E-state index contributed by atoms with van der Waals surface area (Å²) in [4.78, 5) is 20.7. The van der Waals surface area contributed by atoms with Gasteiger partial charge in [-0.2, -0.15) is 0 Å². The second kappa shape index (κ2) is 6.92. The third kappa shape index (κ3) is 3.10. The van der Waals surface area contributed by atoms with E-state index in [1.807, 2.05) is 12.1 Å². The maximum atomic E-state index is 14.3. The number of nitrogens with zero attached hydrogens (tertiary/aromatic N) is 2. The molecule has 4 rings (SSSR count). The number of aliphatic hydroxyl groups excluding tert-OH is 1. The van der Waals surface area contributed by atoms with E-state index in [0.717, 1.165) is 17.3 Å². The Morgan fingerprint density at radius 3 is 2.85 bits per heavy atom. The average molecular weight is 369 g/mol. The van der Waals surface area contributed by atoms with Gasteiger partial charge in [0.2, 0.25) is 5.91 Å². The molecule has 138 valence electrons. The van der Waals surface area contributed by atoms with Crippen molar-refractivity contribution >= 4 is 22.5 Å². The number of aromatic nitrogens is 2. The Morgan fingerprint density at radius 1 is 1.26 bits per heavy atom. The van der Waals surface area contributed by atoms with Crippen LogP contribution in [0.4, 0.5) is 8.78 Å². The molecule has 0 saturated heterocycles. The molecule has 2 N–H and O–H groups in total. The lowest BCUT2D eigenvalue weighted by atomic mass is 10.0. The molecule has 0 atom stereocenters. The molecular formula is C20H17F2N3O2. The lowest BCUT2D eigenvalue weighted by Crippen LogP contribution is -2.36. The van der Waals surface area contributed by atoms with Crippen LogP contribution in [0.1, 0.15) is 12.1 Å². The number of nitrogens with one attached hydrogen (secondary N) is 1. The van der Waals surface area contributed by atoms with Gasteiger partial charge in [-0.05, 0) is 35.8 Å². The number of pyridine rings is 1. The molecule has 3 aromatic rings. The molecule has 2 aromatic heterocycles. The first-order valence-corrected chi connectivity index (χ1v) is 8.58. The van der Waals surface area contributed by atoms with Crippen molar-refractivity contribution in [2.75, 3.05) is 19.7 Å². The minimum absolute atomic E-state index is 0.185. The predicted molar refractivity (Wildman–Crippen MR) is 97.7 cm³/mol. The molecule has 0 radical (unpaired) electrons. The van der Waals surface area contributed by atoms with Gasteiger partial charge in [0.15, 0.2) is 11.6 Å². The molecular weight excluding hydrogens is 352 g/mol. The zero-order valence-electron chi connectivity index (χ0n) is 14.4. The van der Waals surface area contributed by atoms with Gasteiger partial charge < -0.3 is 15.0 Å². The number of fused-ring (bicyclic) bond motifs is 1. The van der Waals surface area contributed by atoms with Gasteiger partial charge in [0.05, 0.1) is 0 Å². The summed E-state index contributed by atoms with van der Waals surface area (Å²) in [5.41, 5.74) is 3.18. The number of carbonyl (C=O) groups excluding carboxylic acids is 1. The number of hydrogen-bond donors (Lipinski definition) is 2.